The average Bonchev–Trinajstić information content (AvgIpc) is 2.23. The summed E-state index contributed by atoms with van der Waals surface area (Å²) in [6, 6.07) is 0. The first kappa shape index (κ1) is 11.2. The van der Waals surface area contributed by atoms with Gasteiger partial charge >= 0.3 is 0 Å². The third-order valence-corrected chi connectivity index (χ3v) is 3.23. The third-order valence-electron chi connectivity index (χ3n) is 3.23. The van der Waals surface area contributed by atoms with Crippen molar-refractivity contribution in [3.63, 3.8) is 0 Å². The Labute approximate surface area is 96.9 Å². The van der Waals surface area contributed by atoms with Gasteiger partial charge in [-0.15, -0.1) is 0 Å². The van der Waals surface area contributed by atoms with Gasteiger partial charge in [0.25, 0.3) is 0 Å². The zero-order valence-corrected chi connectivity index (χ0v) is 10.3. The molecular weight excluding hydrogens is 200 g/mol. The SMILES string of the molecule is Cc1nc(N)c(C)c(N2CCCC(C)C2)n1. The minimum absolute atomic E-state index is 0.612. The molecule has 2 rings (SSSR count). The van der Waals surface area contributed by atoms with E-state index in [9.17, 15) is 0 Å². The van der Waals surface area contributed by atoms with E-state index in [0.717, 1.165) is 36.2 Å². The fourth-order valence-corrected chi connectivity index (χ4v) is 2.32. The largest absolute Gasteiger partial charge is 0.383 e. The molecule has 0 radical (unpaired) electrons. The Morgan fingerprint density at radius 3 is 2.75 bits per heavy atom. The molecular formula is C12H20N4. The fraction of sp³-hybridized carbons (Fsp3) is 0.667. The molecule has 1 aromatic rings. The summed E-state index contributed by atoms with van der Waals surface area (Å²) in [7, 11) is 0. The van der Waals surface area contributed by atoms with Crippen molar-refractivity contribution in [3.05, 3.63) is 11.4 Å². The molecule has 2 heterocycles. The topological polar surface area (TPSA) is 55.0 Å². The molecule has 1 aliphatic heterocycles. The molecule has 1 aliphatic rings. The second kappa shape index (κ2) is 4.28. The van der Waals surface area contributed by atoms with Gasteiger partial charge in [0, 0.05) is 18.7 Å². The molecule has 88 valence electrons. The maximum atomic E-state index is 5.89. The van der Waals surface area contributed by atoms with Crippen LogP contribution >= 0.6 is 0 Å². The summed E-state index contributed by atoms with van der Waals surface area (Å²) in [5.41, 5.74) is 6.90. The highest BCUT2D eigenvalue weighted by atomic mass is 15.2. The number of aromatic nitrogens is 2. The standard InChI is InChI=1S/C12H20N4/c1-8-5-4-6-16(7-8)12-9(2)11(13)14-10(3)15-12/h8H,4-7H2,1-3H3,(H2,13,14,15). The van der Waals surface area contributed by atoms with Crippen molar-refractivity contribution in [2.45, 2.75) is 33.6 Å². The maximum Gasteiger partial charge on any atom is 0.137 e. The van der Waals surface area contributed by atoms with E-state index in [2.05, 4.69) is 21.8 Å². The maximum absolute atomic E-state index is 5.89. The van der Waals surface area contributed by atoms with Crippen LogP contribution in [0.25, 0.3) is 0 Å². The monoisotopic (exact) mass is 220 g/mol. The van der Waals surface area contributed by atoms with Crippen LogP contribution in [0.5, 0.6) is 0 Å². The molecule has 0 amide bonds. The molecule has 4 nitrogen and oxygen atoms in total. The van der Waals surface area contributed by atoms with Crippen LogP contribution in [0.1, 0.15) is 31.2 Å². The van der Waals surface area contributed by atoms with E-state index >= 15 is 0 Å². The highest BCUT2D eigenvalue weighted by Crippen LogP contribution is 2.26. The predicted octanol–water partition coefficient (Wildman–Crippen LogP) is 1.91. The Kier molecular flexibility index (Phi) is 2.99. The quantitative estimate of drug-likeness (QED) is 0.785. The molecule has 1 aromatic heterocycles. The van der Waals surface area contributed by atoms with Crippen molar-refractivity contribution < 1.29 is 0 Å². The smallest absolute Gasteiger partial charge is 0.137 e. The summed E-state index contributed by atoms with van der Waals surface area (Å²) >= 11 is 0. The summed E-state index contributed by atoms with van der Waals surface area (Å²) in [6.07, 6.45) is 2.55. The van der Waals surface area contributed by atoms with Crippen LogP contribution < -0.4 is 10.6 Å². The molecule has 0 spiro atoms. The van der Waals surface area contributed by atoms with Crippen LogP contribution in [0.3, 0.4) is 0 Å². The zero-order chi connectivity index (χ0) is 11.7. The Bertz CT molecular complexity index is 389. The van der Waals surface area contributed by atoms with E-state index in [1.54, 1.807) is 0 Å². The summed E-state index contributed by atoms with van der Waals surface area (Å²) in [5, 5.41) is 0. The van der Waals surface area contributed by atoms with Crippen molar-refractivity contribution in [1.82, 2.24) is 9.97 Å². The first-order valence-electron chi connectivity index (χ1n) is 5.93. The van der Waals surface area contributed by atoms with Gasteiger partial charge in [-0.1, -0.05) is 6.92 Å². The minimum Gasteiger partial charge on any atom is -0.383 e. The van der Waals surface area contributed by atoms with Crippen molar-refractivity contribution >= 4 is 11.6 Å². The van der Waals surface area contributed by atoms with Gasteiger partial charge < -0.3 is 10.6 Å². The van der Waals surface area contributed by atoms with E-state index in [1.807, 2.05) is 13.8 Å². The van der Waals surface area contributed by atoms with Gasteiger partial charge in [0.05, 0.1) is 0 Å². The lowest BCUT2D eigenvalue weighted by Gasteiger charge is -2.33. The summed E-state index contributed by atoms with van der Waals surface area (Å²) in [4.78, 5) is 11.1. The molecule has 0 aliphatic carbocycles. The van der Waals surface area contributed by atoms with Crippen LogP contribution in [0.2, 0.25) is 0 Å². The molecule has 16 heavy (non-hydrogen) atoms. The van der Waals surface area contributed by atoms with Gasteiger partial charge in [0.1, 0.15) is 17.5 Å². The number of piperidine rings is 1. The number of aryl methyl sites for hydroxylation is 1. The number of hydrogen-bond donors (Lipinski definition) is 1. The molecule has 0 saturated carbocycles. The van der Waals surface area contributed by atoms with Gasteiger partial charge in [-0.25, -0.2) is 9.97 Å². The third kappa shape index (κ3) is 2.10. The van der Waals surface area contributed by atoms with Gasteiger partial charge in [-0.3, -0.25) is 0 Å². The number of anilines is 2. The lowest BCUT2D eigenvalue weighted by atomic mass is 10.00. The predicted molar refractivity (Wildman–Crippen MR) is 66.5 cm³/mol. The van der Waals surface area contributed by atoms with Crippen molar-refractivity contribution in [2.24, 2.45) is 5.92 Å². The van der Waals surface area contributed by atoms with E-state index in [4.69, 9.17) is 5.73 Å². The second-order valence-electron chi connectivity index (χ2n) is 4.80. The Morgan fingerprint density at radius 2 is 2.06 bits per heavy atom. The highest BCUT2D eigenvalue weighted by Gasteiger charge is 2.20. The van der Waals surface area contributed by atoms with Crippen LogP contribution in [-0.4, -0.2) is 23.1 Å². The normalized spacial score (nSPS) is 21.2. The fourth-order valence-electron chi connectivity index (χ4n) is 2.32. The lowest BCUT2D eigenvalue weighted by molar-refractivity contribution is 0.444. The number of nitrogens with zero attached hydrogens (tertiary/aromatic N) is 3. The zero-order valence-electron chi connectivity index (χ0n) is 10.3. The highest BCUT2D eigenvalue weighted by molar-refractivity contribution is 5.56. The molecule has 2 N–H and O–H groups in total. The van der Waals surface area contributed by atoms with Gasteiger partial charge in [0.15, 0.2) is 0 Å². The Balaban J connectivity index is 2.32. The number of nitrogen functional groups attached to an aromatic ring is 1. The Morgan fingerprint density at radius 1 is 1.31 bits per heavy atom. The van der Waals surface area contributed by atoms with Crippen LogP contribution in [0, 0.1) is 19.8 Å². The van der Waals surface area contributed by atoms with Crippen molar-refractivity contribution in [2.75, 3.05) is 23.7 Å². The van der Waals surface area contributed by atoms with E-state index in [1.165, 1.54) is 12.8 Å². The summed E-state index contributed by atoms with van der Waals surface area (Å²) in [5.74, 6) is 3.14. The Hall–Kier alpha value is -1.32. The van der Waals surface area contributed by atoms with Gasteiger partial charge in [-0.2, -0.15) is 0 Å². The molecule has 1 unspecified atom stereocenters. The molecule has 1 saturated heterocycles. The van der Waals surface area contributed by atoms with Crippen LogP contribution in [0.15, 0.2) is 0 Å². The van der Waals surface area contributed by atoms with Crippen LogP contribution in [-0.2, 0) is 0 Å². The van der Waals surface area contributed by atoms with Crippen LogP contribution in [0.4, 0.5) is 11.6 Å². The number of hydrogen-bond acceptors (Lipinski definition) is 4. The number of rotatable bonds is 1. The van der Waals surface area contributed by atoms with E-state index < -0.39 is 0 Å². The first-order chi connectivity index (χ1) is 7.58. The molecule has 1 atom stereocenters. The van der Waals surface area contributed by atoms with Crippen molar-refractivity contribution in [3.8, 4) is 0 Å². The minimum atomic E-state index is 0.612. The van der Waals surface area contributed by atoms with E-state index in [-0.39, 0.29) is 0 Å². The lowest BCUT2D eigenvalue weighted by Crippen LogP contribution is -2.35. The summed E-state index contributed by atoms with van der Waals surface area (Å²) < 4.78 is 0. The van der Waals surface area contributed by atoms with Crippen molar-refractivity contribution in [1.29, 1.82) is 0 Å². The summed E-state index contributed by atoms with van der Waals surface area (Å²) in [6.45, 7) is 8.35. The van der Waals surface area contributed by atoms with E-state index in [0.29, 0.717) is 5.82 Å². The first-order valence-corrected chi connectivity index (χ1v) is 5.93. The number of nitrogens with two attached hydrogens (primary N) is 1. The molecule has 1 fully saturated rings. The molecule has 4 heteroatoms. The van der Waals surface area contributed by atoms with Gasteiger partial charge in [-0.05, 0) is 32.6 Å². The average molecular weight is 220 g/mol. The second-order valence-corrected chi connectivity index (χ2v) is 4.80. The molecule has 0 bridgehead atoms. The molecule has 0 aromatic carbocycles. The van der Waals surface area contributed by atoms with Gasteiger partial charge in [0.2, 0.25) is 0 Å².